The van der Waals surface area contributed by atoms with Crippen molar-refractivity contribution in [2.75, 3.05) is 10.2 Å². The third kappa shape index (κ3) is 3.96. The monoisotopic (exact) mass is 499 g/mol. The lowest BCUT2D eigenvalue weighted by Gasteiger charge is -2.29. The lowest BCUT2D eigenvalue weighted by atomic mass is 10.1. The zero-order chi connectivity index (χ0) is 24.8. The van der Waals surface area contributed by atoms with E-state index in [2.05, 4.69) is 15.6 Å². The van der Waals surface area contributed by atoms with Crippen molar-refractivity contribution in [2.24, 2.45) is 5.73 Å². The predicted octanol–water partition coefficient (Wildman–Crippen LogP) is 5.69. The van der Waals surface area contributed by atoms with Gasteiger partial charge in [0, 0.05) is 18.3 Å². The summed E-state index contributed by atoms with van der Waals surface area (Å²) in [6, 6.07) is 16.8. The first-order chi connectivity index (χ1) is 17.5. The summed E-state index contributed by atoms with van der Waals surface area (Å²) in [6.07, 6.45) is 4.19. The standard InChI is InChI=1S/C27H25N5O3S/c1-15-13-19(35-18-5-3-2-4-6-18)9-10-20(15)32-21-11-12-29-26-22(21)23(31-27(32)34)24(36-26)25(33)30-17-8-7-16(28)14-17/h2-6,9-13,16-17H,7-8,14,28H2,1H3,(H,30,33)(H,31,34)/t16-,17+/m1/s1. The molecular weight excluding hydrogens is 474 g/mol. The number of anilines is 3. The van der Waals surface area contributed by atoms with Crippen LogP contribution in [0.1, 0.15) is 34.5 Å². The van der Waals surface area contributed by atoms with Crippen LogP contribution in [-0.2, 0) is 0 Å². The van der Waals surface area contributed by atoms with Crippen molar-refractivity contribution >= 4 is 50.6 Å². The number of hydrogen-bond acceptors (Lipinski definition) is 6. The normalized spacial score (nSPS) is 18.8. The molecule has 1 saturated carbocycles. The highest BCUT2D eigenvalue weighted by molar-refractivity contribution is 7.21. The molecule has 6 rings (SSSR count). The number of benzene rings is 2. The van der Waals surface area contributed by atoms with E-state index in [0.29, 0.717) is 26.8 Å². The Morgan fingerprint density at radius 1 is 1.14 bits per heavy atom. The molecule has 8 nitrogen and oxygen atoms in total. The molecule has 1 aliphatic heterocycles. The van der Waals surface area contributed by atoms with Crippen molar-refractivity contribution in [3.63, 3.8) is 0 Å². The van der Waals surface area contributed by atoms with E-state index in [1.165, 1.54) is 11.3 Å². The Morgan fingerprint density at radius 2 is 1.97 bits per heavy atom. The molecule has 3 heterocycles. The van der Waals surface area contributed by atoms with E-state index in [9.17, 15) is 9.59 Å². The molecule has 2 aromatic carbocycles. The van der Waals surface area contributed by atoms with Gasteiger partial charge in [-0.05, 0) is 68.1 Å². The van der Waals surface area contributed by atoms with Gasteiger partial charge in [0.25, 0.3) is 5.91 Å². The molecule has 3 amide bonds. The largest absolute Gasteiger partial charge is 0.457 e. The summed E-state index contributed by atoms with van der Waals surface area (Å²) >= 11 is 1.29. The maximum Gasteiger partial charge on any atom is 0.331 e. The van der Waals surface area contributed by atoms with E-state index in [4.69, 9.17) is 10.5 Å². The van der Waals surface area contributed by atoms with Crippen molar-refractivity contribution in [2.45, 2.75) is 38.3 Å². The van der Waals surface area contributed by atoms with Crippen LogP contribution in [0.15, 0.2) is 60.8 Å². The molecule has 36 heavy (non-hydrogen) atoms. The van der Waals surface area contributed by atoms with Gasteiger partial charge in [0.15, 0.2) is 0 Å². The van der Waals surface area contributed by atoms with Gasteiger partial charge in [-0.2, -0.15) is 0 Å². The molecule has 4 aromatic rings. The first kappa shape index (κ1) is 22.5. The van der Waals surface area contributed by atoms with E-state index < -0.39 is 0 Å². The van der Waals surface area contributed by atoms with Gasteiger partial charge in [-0.1, -0.05) is 18.2 Å². The maximum atomic E-state index is 13.4. The van der Waals surface area contributed by atoms with Crippen LogP contribution in [0.25, 0.3) is 10.2 Å². The van der Waals surface area contributed by atoms with Gasteiger partial charge in [0.05, 0.1) is 22.4 Å². The number of nitrogens with one attached hydrogen (secondary N) is 2. The molecule has 0 spiro atoms. The van der Waals surface area contributed by atoms with Crippen LogP contribution in [-0.4, -0.2) is 29.0 Å². The summed E-state index contributed by atoms with van der Waals surface area (Å²) in [6.45, 7) is 1.94. The Kier molecular flexibility index (Phi) is 5.58. The number of pyridine rings is 1. The molecule has 0 saturated heterocycles. The number of nitrogens with zero attached hydrogens (tertiary/aromatic N) is 2. The third-order valence-corrected chi connectivity index (χ3v) is 7.75. The smallest absolute Gasteiger partial charge is 0.331 e. The molecule has 2 aliphatic rings. The number of amides is 3. The van der Waals surface area contributed by atoms with E-state index in [0.717, 1.165) is 41.6 Å². The van der Waals surface area contributed by atoms with E-state index in [-0.39, 0.29) is 24.0 Å². The summed E-state index contributed by atoms with van der Waals surface area (Å²) in [5.41, 5.74) is 8.81. The van der Waals surface area contributed by atoms with Gasteiger partial charge in [0.2, 0.25) is 0 Å². The zero-order valence-electron chi connectivity index (χ0n) is 19.7. The molecule has 0 bridgehead atoms. The van der Waals surface area contributed by atoms with Crippen molar-refractivity contribution in [1.29, 1.82) is 0 Å². The number of ether oxygens (including phenoxy) is 1. The molecule has 9 heteroatoms. The van der Waals surface area contributed by atoms with Crippen LogP contribution in [0.4, 0.5) is 21.9 Å². The minimum atomic E-state index is -0.329. The second-order valence-corrected chi connectivity index (χ2v) is 10.2. The fraction of sp³-hybridized carbons (Fsp3) is 0.222. The number of aryl methyl sites for hydroxylation is 1. The van der Waals surface area contributed by atoms with Gasteiger partial charge in [-0.25, -0.2) is 9.78 Å². The lowest BCUT2D eigenvalue weighted by Crippen LogP contribution is -2.36. The fourth-order valence-corrected chi connectivity index (χ4v) is 5.97. The van der Waals surface area contributed by atoms with Gasteiger partial charge in [-0.3, -0.25) is 9.69 Å². The maximum absolute atomic E-state index is 13.4. The number of nitrogens with two attached hydrogens (primary N) is 1. The number of carbonyl (C=O) groups excluding carboxylic acids is 2. The quantitative estimate of drug-likeness (QED) is 0.327. The number of aromatic nitrogens is 1. The highest BCUT2D eigenvalue weighted by Gasteiger charge is 2.34. The van der Waals surface area contributed by atoms with Gasteiger partial charge in [-0.15, -0.1) is 11.3 Å². The summed E-state index contributed by atoms with van der Waals surface area (Å²) in [7, 11) is 0. The number of para-hydroxylation sites is 1. The molecule has 1 fully saturated rings. The highest BCUT2D eigenvalue weighted by Crippen LogP contribution is 2.46. The molecule has 0 radical (unpaired) electrons. The Bertz CT molecular complexity index is 1490. The second kappa shape index (κ2) is 8.92. The van der Waals surface area contributed by atoms with E-state index in [1.54, 1.807) is 11.1 Å². The van der Waals surface area contributed by atoms with Crippen molar-refractivity contribution in [1.82, 2.24) is 10.3 Å². The van der Waals surface area contributed by atoms with Crippen LogP contribution in [0.3, 0.4) is 0 Å². The minimum Gasteiger partial charge on any atom is -0.457 e. The van der Waals surface area contributed by atoms with E-state index >= 15 is 0 Å². The van der Waals surface area contributed by atoms with Gasteiger partial charge in [0.1, 0.15) is 21.2 Å². The number of hydrogen-bond donors (Lipinski definition) is 3. The predicted molar refractivity (Wildman–Crippen MR) is 142 cm³/mol. The first-order valence-electron chi connectivity index (χ1n) is 11.9. The fourth-order valence-electron chi connectivity index (χ4n) is 4.95. The zero-order valence-corrected chi connectivity index (χ0v) is 20.5. The summed E-state index contributed by atoms with van der Waals surface area (Å²) in [5, 5.41) is 6.80. The molecule has 4 N–H and O–H groups in total. The average molecular weight is 500 g/mol. The Balaban J connectivity index is 1.34. The first-order valence-corrected chi connectivity index (χ1v) is 12.7. The Labute approximate surface area is 212 Å². The Morgan fingerprint density at radius 3 is 2.72 bits per heavy atom. The summed E-state index contributed by atoms with van der Waals surface area (Å²) in [4.78, 5) is 33.8. The third-order valence-electron chi connectivity index (χ3n) is 6.65. The molecule has 2 atom stereocenters. The average Bonchev–Trinajstić information content (AvgIpc) is 3.44. The summed E-state index contributed by atoms with van der Waals surface area (Å²) < 4.78 is 5.95. The van der Waals surface area contributed by atoms with Crippen molar-refractivity contribution < 1.29 is 14.3 Å². The topological polar surface area (TPSA) is 110 Å². The molecule has 182 valence electrons. The molecule has 2 aromatic heterocycles. The van der Waals surface area contributed by atoms with E-state index in [1.807, 2.05) is 61.5 Å². The highest BCUT2D eigenvalue weighted by atomic mass is 32.1. The number of rotatable bonds is 5. The van der Waals surface area contributed by atoms with Crippen LogP contribution in [0, 0.1) is 6.92 Å². The number of carbonyl (C=O) groups is 2. The lowest BCUT2D eigenvalue weighted by molar-refractivity contribution is 0.0942. The number of urea groups is 1. The van der Waals surface area contributed by atoms with Gasteiger partial charge >= 0.3 is 6.03 Å². The van der Waals surface area contributed by atoms with Crippen LogP contribution < -0.4 is 26.0 Å². The molecular formula is C27H25N5O3S. The van der Waals surface area contributed by atoms with Crippen LogP contribution in [0.5, 0.6) is 11.5 Å². The summed E-state index contributed by atoms with van der Waals surface area (Å²) in [5.74, 6) is 1.22. The van der Waals surface area contributed by atoms with Crippen molar-refractivity contribution in [3.8, 4) is 11.5 Å². The molecule has 1 aliphatic carbocycles. The minimum absolute atomic E-state index is 0.0485. The van der Waals surface area contributed by atoms with Crippen LogP contribution in [0.2, 0.25) is 0 Å². The SMILES string of the molecule is Cc1cc(Oc2ccccc2)ccc1N1C(=O)Nc2c(C(=O)N[C@H]3CC[C@@H](N)C3)sc3nccc1c23. The van der Waals surface area contributed by atoms with Crippen molar-refractivity contribution in [3.05, 3.63) is 71.2 Å². The van der Waals surface area contributed by atoms with Gasteiger partial charge < -0.3 is 21.1 Å². The van der Waals surface area contributed by atoms with Crippen LogP contribution >= 0.6 is 11.3 Å². The Hall–Kier alpha value is -3.95. The molecule has 0 unspecified atom stereocenters. The second-order valence-electron chi connectivity index (χ2n) is 9.19. The number of thiophene rings is 1.